The van der Waals surface area contributed by atoms with Crippen molar-refractivity contribution in [3.8, 4) is 0 Å². The third kappa shape index (κ3) is 3.18. The van der Waals surface area contributed by atoms with Gasteiger partial charge in [0.2, 0.25) is 0 Å². The minimum atomic E-state index is 0.270. The number of halogens is 1. The molecule has 1 saturated carbocycles. The molecule has 0 amide bonds. The van der Waals surface area contributed by atoms with Crippen LogP contribution in [-0.2, 0) is 0 Å². The normalized spacial score (nSPS) is 23.1. The molecule has 0 radical (unpaired) electrons. The summed E-state index contributed by atoms with van der Waals surface area (Å²) >= 11 is 5.00. The molecule has 0 N–H and O–H groups in total. The van der Waals surface area contributed by atoms with E-state index in [0.717, 1.165) is 22.4 Å². The molecule has 2 heterocycles. The second-order valence-corrected chi connectivity index (χ2v) is 8.13. The van der Waals surface area contributed by atoms with Crippen LogP contribution in [0.5, 0.6) is 0 Å². The highest BCUT2D eigenvalue weighted by Crippen LogP contribution is 2.44. The Morgan fingerprint density at radius 3 is 2.50 bits per heavy atom. The van der Waals surface area contributed by atoms with Gasteiger partial charge < -0.3 is 0 Å². The minimum Gasteiger partial charge on any atom is -0.296 e. The lowest BCUT2D eigenvalue weighted by Crippen LogP contribution is -2.43. The van der Waals surface area contributed by atoms with Crippen LogP contribution in [0, 0.1) is 5.41 Å². The number of rotatable bonds is 3. The number of hydrogen-bond acceptors (Lipinski definition) is 3. The summed E-state index contributed by atoms with van der Waals surface area (Å²) in [5.74, 6) is 0.270. The molecule has 1 aliphatic carbocycles. The summed E-state index contributed by atoms with van der Waals surface area (Å²) in [5, 5.41) is 1.98. The lowest BCUT2D eigenvalue weighted by Gasteiger charge is -2.44. The molecule has 3 rings (SSSR count). The second kappa shape index (κ2) is 6.29. The van der Waals surface area contributed by atoms with Gasteiger partial charge in [-0.3, -0.25) is 9.69 Å². The number of piperidine rings is 1. The highest BCUT2D eigenvalue weighted by Gasteiger charge is 2.35. The van der Waals surface area contributed by atoms with E-state index in [4.69, 9.17) is 0 Å². The topological polar surface area (TPSA) is 20.3 Å². The lowest BCUT2D eigenvalue weighted by molar-refractivity contribution is 0.0613. The average Bonchev–Trinajstić information content (AvgIpc) is 2.89. The van der Waals surface area contributed by atoms with Crippen LogP contribution >= 0.6 is 27.3 Å². The Balaban J connectivity index is 1.54. The maximum atomic E-state index is 12.3. The van der Waals surface area contributed by atoms with Gasteiger partial charge in [-0.1, -0.05) is 19.3 Å². The summed E-state index contributed by atoms with van der Waals surface area (Å²) in [7, 11) is 0. The van der Waals surface area contributed by atoms with Crippen molar-refractivity contribution in [2.45, 2.75) is 44.9 Å². The molecule has 1 aliphatic heterocycles. The molecule has 0 unspecified atom stereocenters. The van der Waals surface area contributed by atoms with E-state index >= 15 is 0 Å². The predicted molar refractivity (Wildman–Crippen MR) is 87.5 cm³/mol. The van der Waals surface area contributed by atoms with Crippen molar-refractivity contribution in [1.29, 1.82) is 0 Å². The van der Waals surface area contributed by atoms with E-state index in [2.05, 4.69) is 20.8 Å². The fourth-order valence-electron chi connectivity index (χ4n) is 3.75. The quantitative estimate of drug-likeness (QED) is 0.729. The third-order valence-electron chi connectivity index (χ3n) is 5.07. The number of hydrogen-bond donors (Lipinski definition) is 0. The lowest BCUT2D eigenvalue weighted by atomic mass is 9.68. The Labute approximate surface area is 133 Å². The first-order chi connectivity index (χ1) is 9.69. The van der Waals surface area contributed by atoms with E-state index in [-0.39, 0.29) is 5.78 Å². The van der Waals surface area contributed by atoms with E-state index in [9.17, 15) is 4.79 Å². The third-order valence-corrected chi connectivity index (χ3v) is 6.95. The standard InChI is InChI=1S/C16H22BrNOS/c17-13-4-11-20-15(13)14(19)12-18-9-7-16(8-10-18)5-2-1-3-6-16/h4,11H,1-3,5-10,12H2. The highest BCUT2D eigenvalue weighted by atomic mass is 79.9. The van der Waals surface area contributed by atoms with Crippen molar-refractivity contribution in [3.05, 3.63) is 20.8 Å². The summed E-state index contributed by atoms with van der Waals surface area (Å²) < 4.78 is 0.952. The maximum Gasteiger partial charge on any atom is 0.187 e. The van der Waals surface area contributed by atoms with Gasteiger partial charge in [-0.15, -0.1) is 11.3 Å². The van der Waals surface area contributed by atoms with Crippen LogP contribution in [0.15, 0.2) is 15.9 Å². The number of carbonyl (C=O) groups excluding carboxylic acids is 1. The van der Waals surface area contributed by atoms with Crippen molar-refractivity contribution >= 4 is 33.0 Å². The molecule has 1 saturated heterocycles. The highest BCUT2D eigenvalue weighted by molar-refractivity contribution is 9.10. The maximum absolute atomic E-state index is 12.3. The molecule has 1 aromatic heterocycles. The van der Waals surface area contributed by atoms with Gasteiger partial charge in [-0.25, -0.2) is 0 Å². The molecule has 20 heavy (non-hydrogen) atoms. The van der Waals surface area contributed by atoms with E-state index in [0.29, 0.717) is 12.0 Å². The van der Waals surface area contributed by atoms with Crippen molar-refractivity contribution in [2.24, 2.45) is 5.41 Å². The fourth-order valence-corrected chi connectivity index (χ4v) is 5.28. The molecule has 1 aromatic rings. The Morgan fingerprint density at radius 2 is 1.90 bits per heavy atom. The zero-order valence-corrected chi connectivity index (χ0v) is 14.3. The zero-order chi connectivity index (χ0) is 14.0. The second-order valence-electron chi connectivity index (χ2n) is 6.36. The molecule has 0 aromatic carbocycles. The first-order valence-corrected chi connectivity index (χ1v) is 9.34. The summed E-state index contributed by atoms with van der Waals surface area (Å²) in [6.07, 6.45) is 9.70. The number of ketones is 1. The van der Waals surface area contributed by atoms with Crippen molar-refractivity contribution in [3.63, 3.8) is 0 Å². The van der Waals surface area contributed by atoms with Crippen LogP contribution in [0.25, 0.3) is 0 Å². The van der Waals surface area contributed by atoms with Gasteiger partial charge in [-0.2, -0.15) is 0 Å². The van der Waals surface area contributed by atoms with E-state index in [1.54, 1.807) is 11.3 Å². The SMILES string of the molecule is O=C(CN1CCC2(CCCCC2)CC1)c1sccc1Br. The van der Waals surface area contributed by atoms with Crippen molar-refractivity contribution in [2.75, 3.05) is 19.6 Å². The van der Waals surface area contributed by atoms with Gasteiger partial charge in [0.05, 0.1) is 11.4 Å². The van der Waals surface area contributed by atoms with Crippen LogP contribution < -0.4 is 0 Å². The van der Waals surface area contributed by atoms with Crippen LogP contribution in [0.4, 0.5) is 0 Å². The molecule has 2 aliphatic rings. The first kappa shape index (κ1) is 14.7. The van der Waals surface area contributed by atoms with E-state index in [1.807, 2.05) is 11.4 Å². The molecule has 110 valence electrons. The van der Waals surface area contributed by atoms with Crippen LogP contribution in [0.1, 0.15) is 54.6 Å². The minimum absolute atomic E-state index is 0.270. The molecular weight excluding hydrogens is 334 g/mol. The van der Waals surface area contributed by atoms with Crippen LogP contribution in [0.2, 0.25) is 0 Å². The van der Waals surface area contributed by atoms with Gasteiger partial charge in [0.25, 0.3) is 0 Å². The fraction of sp³-hybridized carbons (Fsp3) is 0.688. The molecule has 2 nitrogen and oxygen atoms in total. The monoisotopic (exact) mass is 355 g/mol. The molecule has 0 atom stereocenters. The molecule has 4 heteroatoms. The molecule has 0 bridgehead atoms. The largest absolute Gasteiger partial charge is 0.296 e. The summed E-state index contributed by atoms with van der Waals surface area (Å²) in [5.41, 5.74) is 0.626. The Kier molecular flexibility index (Phi) is 4.63. The first-order valence-electron chi connectivity index (χ1n) is 7.67. The summed E-state index contributed by atoms with van der Waals surface area (Å²) in [6, 6.07) is 1.96. The van der Waals surface area contributed by atoms with Gasteiger partial charge in [0.15, 0.2) is 5.78 Å². The number of thiophene rings is 1. The predicted octanol–water partition coefficient (Wildman–Crippen LogP) is 4.74. The van der Waals surface area contributed by atoms with Crippen molar-refractivity contribution in [1.82, 2.24) is 4.90 Å². The number of nitrogens with zero attached hydrogens (tertiary/aromatic N) is 1. The molecule has 2 fully saturated rings. The van der Waals surface area contributed by atoms with Crippen molar-refractivity contribution < 1.29 is 4.79 Å². The van der Waals surface area contributed by atoms with Crippen LogP contribution in [-0.4, -0.2) is 30.3 Å². The smallest absolute Gasteiger partial charge is 0.187 e. The van der Waals surface area contributed by atoms with Gasteiger partial charge >= 0.3 is 0 Å². The van der Waals surface area contributed by atoms with Crippen LogP contribution in [0.3, 0.4) is 0 Å². The average molecular weight is 356 g/mol. The summed E-state index contributed by atoms with van der Waals surface area (Å²) in [4.78, 5) is 15.5. The van der Waals surface area contributed by atoms with E-state index in [1.165, 1.54) is 44.9 Å². The Hall–Kier alpha value is -0.190. The van der Waals surface area contributed by atoms with Gasteiger partial charge in [-0.05, 0) is 71.6 Å². The summed E-state index contributed by atoms with van der Waals surface area (Å²) in [6.45, 7) is 2.80. The Bertz CT molecular complexity index is 469. The van der Waals surface area contributed by atoms with Gasteiger partial charge in [0.1, 0.15) is 0 Å². The number of carbonyl (C=O) groups is 1. The molecular formula is C16H22BrNOS. The number of likely N-dealkylation sites (tertiary alicyclic amines) is 1. The number of Topliss-reactive ketones (excluding diaryl/α,β-unsaturated/α-hetero) is 1. The van der Waals surface area contributed by atoms with E-state index < -0.39 is 0 Å². The zero-order valence-electron chi connectivity index (χ0n) is 11.9. The molecule has 1 spiro atoms. The van der Waals surface area contributed by atoms with Gasteiger partial charge in [0, 0.05) is 4.47 Å². The Morgan fingerprint density at radius 1 is 1.20 bits per heavy atom.